The first-order valence-corrected chi connectivity index (χ1v) is 25.1. The Hall–Kier alpha value is -7.22. The Morgan fingerprint density at radius 2 is 0.714 bits per heavy atom. The van der Waals surface area contributed by atoms with Gasteiger partial charge in [0.25, 0.3) is 0 Å². The predicted molar refractivity (Wildman–Crippen MR) is 273 cm³/mol. The Morgan fingerprint density at radius 1 is 0.357 bits per heavy atom. The maximum absolute atomic E-state index is 14.2. The van der Waals surface area contributed by atoms with Crippen molar-refractivity contribution in [2.45, 2.75) is 127 Å². The highest BCUT2D eigenvalue weighted by Crippen LogP contribution is 2.21. The van der Waals surface area contributed by atoms with Crippen molar-refractivity contribution in [3.63, 3.8) is 0 Å². The van der Waals surface area contributed by atoms with E-state index in [2.05, 4.69) is 41.9 Å². The van der Waals surface area contributed by atoms with Gasteiger partial charge in [-0.2, -0.15) is 0 Å². The Labute approximate surface area is 410 Å². The number of benzene rings is 4. The third kappa shape index (κ3) is 15.4. The molecule has 0 bridgehead atoms. The fourth-order valence-corrected chi connectivity index (χ4v) is 9.21. The average molecular weight is 949 g/mol. The van der Waals surface area contributed by atoms with Crippen LogP contribution < -0.4 is 31.9 Å². The van der Waals surface area contributed by atoms with Crippen molar-refractivity contribution < 1.29 is 28.8 Å². The lowest BCUT2D eigenvalue weighted by molar-refractivity contribution is -0.132. The number of amides is 6. The molecule has 14 nitrogen and oxygen atoms in total. The van der Waals surface area contributed by atoms with E-state index >= 15 is 0 Å². The van der Waals surface area contributed by atoms with E-state index in [1.54, 1.807) is 0 Å². The van der Waals surface area contributed by atoms with E-state index in [0.29, 0.717) is 38.8 Å². The first-order chi connectivity index (χ1) is 34.2. The molecule has 1 aliphatic heterocycles. The van der Waals surface area contributed by atoms with Crippen molar-refractivity contribution in [1.29, 1.82) is 0 Å². The van der Waals surface area contributed by atoms with E-state index in [1.807, 2.05) is 122 Å². The molecule has 4 atom stereocenters. The second-order valence-corrected chi connectivity index (χ2v) is 18.5. The highest BCUT2D eigenvalue weighted by Gasteiger charge is 2.30. The Bertz CT molecular complexity index is 2460. The van der Waals surface area contributed by atoms with Gasteiger partial charge in [0, 0.05) is 85.8 Å². The molecule has 7 rings (SSSR count). The molecule has 6 amide bonds. The maximum Gasteiger partial charge on any atom is 0.243 e. The number of H-pyrrole nitrogens is 2. The zero-order chi connectivity index (χ0) is 48.9. The number of para-hydroxylation sites is 2. The summed E-state index contributed by atoms with van der Waals surface area (Å²) in [7, 11) is 0. The summed E-state index contributed by atoms with van der Waals surface area (Å²) in [4.78, 5) is 89.7. The molecule has 1 fully saturated rings. The lowest BCUT2D eigenvalue weighted by atomic mass is 10.0. The number of aromatic nitrogens is 2. The minimum absolute atomic E-state index is 0.232. The summed E-state index contributed by atoms with van der Waals surface area (Å²) in [5.74, 6) is -1.96. The third-order valence-electron chi connectivity index (χ3n) is 13.1. The number of carbonyl (C=O) groups excluding carboxylic acids is 6. The normalized spacial score (nSPS) is 20.9. The zero-order valence-corrected chi connectivity index (χ0v) is 40.0. The van der Waals surface area contributed by atoms with E-state index in [-0.39, 0.29) is 62.2 Å². The van der Waals surface area contributed by atoms with Gasteiger partial charge in [-0.3, -0.25) is 28.8 Å². The van der Waals surface area contributed by atoms with E-state index in [4.69, 9.17) is 0 Å². The largest absolute Gasteiger partial charge is 0.361 e. The average Bonchev–Trinajstić information content (AvgIpc) is 3.98. The summed E-state index contributed by atoms with van der Waals surface area (Å²) in [6.07, 6.45) is 12.7. The molecule has 1 aliphatic rings. The summed E-state index contributed by atoms with van der Waals surface area (Å²) in [6.45, 7) is 0.804. The Morgan fingerprint density at radius 3 is 1.14 bits per heavy atom. The van der Waals surface area contributed by atoms with Gasteiger partial charge >= 0.3 is 0 Å². The van der Waals surface area contributed by atoms with Crippen molar-refractivity contribution >= 4 is 57.2 Å². The van der Waals surface area contributed by atoms with Gasteiger partial charge in [0.15, 0.2) is 0 Å². The summed E-state index contributed by atoms with van der Waals surface area (Å²) in [5.41, 5.74) is 5.40. The van der Waals surface area contributed by atoms with Crippen LogP contribution in [0.1, 0.15) is 99.3 Å². The molecular formula is C56H68N8O6. The topological polar surface area (TPSA) is 206 Å². The first kappa shape index (κ1) is 50.7. The van der Waals surface area contributed by atoms with Gasteiger partial charge in [-0.25, -0.2) is 0 Å². The summed E-state index contributed by atoms with van der Waals surface area (Å²) >= 11 is 0. The van der Waals surface area contributed by atoms with E-state index in [1.165, 1.54) is 0 Å². The number of carbonyl (C=O) groups is 6. The summed E-state index contributed by atoms with van der Waals surface area (Å²) < 4.78 is 0. The molecule has 4 aromatic carbocycles. The van der Waals surface area contributed by atoms with Crippen LogP contribution in [0.5, 0.6) is 0 Å². The lowest BCUT2D eigenvalue weighted by Crippen LogP contribution is -2.55. The van der Waals surface area contributed by atoms with Gasteiger partial charge in [0.2, 0.25) is 35.4 Å². The molecule has 6 aromatic rings. The Balaban J connectivity index is 1.03. The molecule has 8 N–H and O–H groups in total. The lowest BCUT2D eigenvalue weighted by Gasteiger charge is -2.24. The molecule has 3 heterocycles. The molecular weight excluding hydrogens is 881 g/mol. The first-order valence-electron chi connectivity index (χ1n) is 25.1. The van der Waals surface area contributed by atoms with Crippen LogP contribution in [0, 0.1) is 0 Å². The minimum atomic E-state index is -0.904. The molecule has 368 valence electrons. The van der Waals surface area contributed by atoms with Gasteiger partial charge in [0.05, 0.1) is 0 Å². The molecule has 0 saturated carbocycles. The minimum Gasteiger partial charge on any atom is -0.361 e. The molecule has 70 heavy (non-hydrogen) atoms. The SMILES string of the molecule is O=C1CCCCCCCNC(=O)[C@H](Cc2c[nH]c3ccccc23)NC(=O)[C@H](Cc2ccccc2)NC(=O)CCCCCCCNC(=O)[C@H](Cc2c[nH]c3ccccc23)NC(=O)[C@H](Cc2ccccc2)N1. The standard InChI is InChI=1S/C56H68N8O6/c65-51-29-13-3-1-5-19-31-57-53(67)49(35-41-37-59-45-27-17-15-25-43(41)45)63-56(70)48(34-40-23-11-8-12-24-40)62-52(66)30-14-4-2-6-20-32-58-54(68)50(36-42-38-60-46-28-18-16-26-44(42)46)64-55(69)47(61-51)33-39-21-9-7-10-22-39/h7-12,15-18,21-28,37-38,47-50,59-60H,1-6,13-14,19-20,29-36H2,(H,57,67)(H,58,68)(H,61,65)(H,62,66)(H,63,70)(H,64,69)/t47-,48-,49-,50-/m0/s1. The summed E-state index contributed by atoms with van der Waals surface area (Å²) in [6, 6.07) is 31.1. The molecule has 0 aliphatic carbocycles. The van der Waals surface area contributed by atoms with Gasteiger partial charge in [-0.15, -0.1) is 0 Å². The van der Waals surface area contributed by atoms with Crippen molar-refractivity contribution in [1.82, 2.24) is 41.9 Å². The monoisotopic (exact) mass is 949 g/mol. The van der Waals surface area contributed by atoms with Crippen LogP contribution in [0.25, 0.3) is 21.8 Å². The van der Waals surface area contributed by atoms with E-state index in [9.17, 15) is 28.8 Å². The van der Waals surface area contributed by atoms with Gasteiger partial charge < -0.3 is 41.9 Å². The van der Waals surface area contributed by atoms with Crippen LogP contribution in [-0.2, 0) is 54.5 Å². The summed E-state index contributed by atoms with van der Waals surface area (Å²) in [5, 5.41) is 20.0. The number of nitrogens with one attached hydrogen (secondary N) is 8. The molecule has 0 spiro atoms. The van der Waals surface area contributed by atoms with Crippen LogP contribution in [0.15, 0.2) is 122 Å². The molecule has 2 aromatic heterocycles. The van der Waals surface area contributed by atoms with Gasteiger partial charge in [-0.05, 0) is 60.1 Å². The van der Waals surface area contributed by atoms with Crippen molar-refractivity contribution in [3.8, 4) is 0 Å². The van der Waals surface area contributed by atoms with Crippen LogP contribution >= 0.6 is 0 Å². The molecule has 14 heteroatoms. The molecule has 0 unspecified atom stereocenters. The molecule has 1 saturated heterocycles. The smallest absolute Gasteiger partial charge is 0.243 e. The number of fused-ring (bicyclic) bond motifs is 2. The van der Waals surface area contributed by atoms with Gasteiger partial charge in [-0.1, -0.05) is 136 Å². The fraction of sp³-hybridized carbons (Fsp3) is 0.393. The predicted octanol–water partition coefficient (Wildman–Crippen LogP) is 6.79. The zero-order valence-electron chi connectivity index (χ0n) is 40.0. The van der Waals surface area contributed by atoms with E-state index in [0.717, 1.165) is 82.6 Å². The van der Waals surface area contributed by atoms with Crippen LogP contribution in [0.4, 0.5) is 0 Å². The van der Waals surface area contributed by atoms with Gasteiger partial charge in [0.1, 0.15) is 24.2 Å². The van der Waals surface area contributed by atoms with Crippen LogP contribution in [0.3, 0.4) is 0 Å². The molecule has 0 radical (unpaired) electrons. The second kappa shape index (κ2) is 26.5. The maximum atomic E-state index is 14.2. The second-order valence-electron chi connectivity index (χ2n) is 18.5. The van der Waals surface area contributed by atoms with Crippen LogP contribution in [0.2, 0.25) is 0 Å². The van der Waals surface area contributed by atoms with E-state index < -0.39 is 36.0 Å². The van der Waals surface area contributed by atoms with Crippen molar-refractivity contribution in [3.05, 3.63) is 144 Å². The highest BCUT2D eigenvalue weighted by atomic mass is 16.2. The number of rotatable bonds is 8. The fourth-order valence-electron chi connectivity index (χ4n) is 9.21. The van der Waals surface area contributed by atoms with Crippen LogP contribution in [-0.4, -0.2) is 82.7 Å². The van der Waals surface area contributed by atoms with Crippen molar-refractivity contribution in [2.75, 3.05) is 13.1 Å². The highest BCUT2D eigenvalue weighted by molar-refractivity contribution is 5.94. The van der Waals surface area contributed by atoms with Crippen molar-refractivity contribution in [2.24, 2.45) is 0 Å². The third-order valence-corrected chi connectivity index (χ3v) is 13.1. The number of hydrogen-bond donors (Lipinski definition) is 8. The number of aromatic amines is 2. The Kier molecular flexibility index (Phi) is 19.2. The number of hydrogen-bond acceptors (Lipinski definition) is 6. The quantitative estimate of drug-likeness (QED) is 0.0825.